The van der Waals surface area contributed by atoms with Gasteiger partial charge in [0.2, 0.25) is 0 Å². The third-order valence-corrected chi connectivity index (χ3v) is 12.8. The molecule has 0 atom stereocenters. The number of benzene rings is 8. The fourth-order valence-corrected chi connectivity index (χ4v) is 10.0. The van der Waals surface area contributed by atoms with Gasteiger partial charge in [-0.25, -0.2) is 0 Å². The van der Waals surface area contributed by atoms with Crippen molar-refractivity contribution < 1.29 is 4.74 Å². The molecule has 2 aliphatic carbocycles. The minimum atomic E-state index is -0.445. The Morgan fingerprint density at radius 1 is 0.357 bits per heavy atom. The normalized spacial score (nSPS) is 14.2. The van der Waals surface area contributed by atoms with Gasteiger partial charge in [-0.1, -0.05) is 175 Å². The van der Waals surface area contributed by atoms with Crippen molar-refractivity contribution in [3.05, 3.63) is 191 Å². The molecule has 8 aromatic rings. The lowest BCUT2D eigenvalue weighted by atomic mass is 9.68. The Kier molecular flexibility index (Phi) is 6.77. The molecule has 0 aromatic heterocycles. The smallest absolute Gasteiger partial charge is 0.135 e. The molecule has 11 rings (SSSR count). The van der Waals surface area contributed by atoms with Crippen molar-refractivity contribution in [1.29, 1.82) is 0 Å². The van der Waals surface area contributed by atoms with Crippen LogP contribution in [0.4, 0.5) is 0 Å². The van der Waals surface area contributed by atoms with E-state index in [1.165, 1.54) is 94.2 Å². The molecule has 56 heavy (non-hydrogen) atoms. The van der Waals surface area contributed by atoms with Crippen LogP contribution < -0.4 is 4.74 Å². The summed E-state index contributed by atoms with van der Waals surface area (Å²) >= 11 is 0. The second-order valence-corrected chi connectivity index (χ2v) is 18.1. The Bertz CT molecular complexity index is 2890. The van der Waals surface area contributed by atoms with Crippen LogP contribution >= 0.6 is 0 Å². The van der Waals surface area contributed by atoms with Gasteiger partial charge in [0.05, 0.1) is 5.41 Å². The molecule has 1 heterocycles. The number of rotatable bonds is 2. The topological polar surface area (TPSA) is 9.23 Å². The molecule has 0 bridgehead atoms. The molecule has 0 radical (unpaired) electrons. The van der Waals surface area contributed by atoms with Crippen LogP contribution in [-0.4, -0.2) is 0 Å². The van der Waals surface area contributed by atoms with Crippen LogP contribution in [0.3, 0.4) is 0 Å². The lowest BCUT2D eigenvalue weighted by molar-refractivity contribution is 0.487. The van der Waals surface area contributed by atoms with Crippen molar-refractivity contribution in [2.45, 2.75) is 57.8 Å². The van der Waals surface area contributed by atoms with E-state index in [9.17, 15) is 0 Å². The molecule has 0 saturated heterocycles. The summed E-state index contributed by atoms with van der Waals surface area (Å²) in [6, 6.07) is 59.5. The zero-order valence-corrected chi connectivity index (χ0v) is 32.9. The number of hydrogen-bond donors (Lipinski definition) is 0. The van der Waals surface area contributed by atoms with Crippen molar-refractivity contribution in [2.24, 2.45) is 0 Å². The SMILES string of the molecule is CC(C)(C)c1ccc2c(c1)C1(c3ccccc3-c3ccc(-c4ccccc4-c4ccc5c(c4)-c4cccc6cccc(c46)O5)cc31)c1cc(C(C)(C)C)ccc1-2. The van der Waals surface area contributed by atoms with Crippen LogP contribution in [0.1, 0.15) is 74.9 Å². The fraction of sp³-hybridized carbons (Fsp3) is 0.164. The molecule has 1 heteroatoms. The molecule has 0 N–H and O–H groups in total. The van der Waals surface area contributed by atoms with E-state index in [2.05, 4.69) is 199 Å². The number of hydrogen-bond acceptors (Lipinski definition) is 1. The van der Waals surface area contributed by atoms with Gasteiger partial charge in [-0.3, -0.25) is 0 Å². The molecule has 8 aromatic carbocycles. The maximum atomic E-state index is 6.51. The average Bonchev–Trinajstić information content (AvgIpc) is 3.66. The second kappa shape index (κ2) is 11.4. The fourth-order valence-electron chi connectivity index (χ4n) is 10.0. The first-order valence-corrected chi connectivity index (χ1v) is 20.0. The van der Waals surface area contributed by atoms with Crippen LogP contribution in [0, 0.1) is 0 Å². The highest BCUT2D eigenvalue weighted by Gasteiger charge is 2.52. The number of ether oxygens (including phenoxy) is 1. The molecule has 0 saturated carbocycles. The van der Waals surface area contributed by atoms with E-state index >= 15 is 0 Å². The summed E-state index contributed by atoms with van der Waals surface area (Å²) < 4.78 is 6.51. The largest absolute Gasteiger partial charge is 0.456 e. The van der Waals surface area contributed by atoms with Crippen LogP contribution in [-0.2, 0) is 16.2 Å². The van der Waals surface area contributed by atoms with Gasteiger partial charge in [-0.2, -0.15) is 0 Å². The molecule has 3 aliphatic rings. The maximum Gasteiger partial charge on any atom is 0.135 e. The number of fused-ring (bicyclic) bond motifs is 12. The summed E-state index contributed by atoms with van der Waals surface area (Å²) in [7, 11) is 0. The monoisotopic (exact) mass is 720 g/mol. The molecule has 0 fully saturated rings. The van der Waals surface area contributed by atoms with Gasteiger partial charge in [-0.15, -0.1) is 0 Å². The van der Waals surface area contributed by atoms with Crippen LogP contribution in [0.15, 0.2) is 158 Å². The van der Waals surface area contributed by atoms with E-state index in [0.717, 1.165) is 17.1 Å². The molecule has 1 nitrogen and oxygen atoms in total. The molecule has 1 spiro atoms. The van der Waals surface area contributed by atoms with E-state index in [1.807, 2.05) is 0 Å². The van der Waals surface area contributed by atoms with E-state index in [0.29, 0.717) is 0 Å². The maximum absolute atomic E-state index is 6.51. The minimum Gasteiger partial charge on any atom is -0.456 e. The highest BCUT2D eigenvalue weighted by atomic mass is 16.5. The minimum absolute atomic E-state index is 0.0107. The summed E-state index contributed by atoms with van der Waals surface area (Å²) in [5.41, 5.74) is 20.4. The van der Waals surface area contributed by atoms with Crippen molar-refractivity contribution in [2.75, 3.05) is 0 Å². The molecular formula is C55H44O. The standard InChI is InChI=1S/C55H44O/c1-53(2,3)36-23-26-42-43-27-24-37(54(4,5)6)32-49(43)55(48(42)31-36)46-19-10-9-17-40(46)41-25-21-35(30-47(41)55)39-16-8-7-15-38(39)34-22-28-50-45(29-34)44-18-11-13-33-14-12-20-51(56-50)52(33)44/h7-32H,1-6H3. The Morgan fingerprint density at radius 3 is 1.50 bits per heavy atom. The summed E-state index contributed by atoms with van der Waals surface area (Å²) in [5, 5.41) is 2.38. The van der Waals surface area contributed by atoms with Gasteiger partial charge in [0.15, 0.2) is 0 Å². The van der Waals surface area contributed by atoms with Crippen molar-refractivity contribution in [3.8, 4) is 67.1 Å². The van der Waals surface area contributed by atoms with Gasteiger partial charge in [0.25, 0.3) is 0 Å². The Morgan fingerprint density at radius 2 is 0.857 bits per heavy atom. The Labute approximate surface area is 330 Å². The van der Waals surface area contributed by atoms with E-state index in [4.69, 9.17) is 4.74 Å². The van der Waals surface area contributed by atoms with Crippen molar-refractivity contribution >= 4 is 10.8 Å². The summed E-state index contributed by atoms with van der Waals surface area (Å²) in [5.74, 6) is 1.82. The molecule has 0 unspecified atom stereocenters. The zero-order chi connectivity index (χ0) is 38.1. The zero-order valence-electron chi connectivity index (χ0n) is 32.9. The Balaban J connectivity index is 1.15. The van der Waals surface area contributed by atoms with Gasteiger partial charge >= 0.3 is 0 Å². The Hall–Kier alpha value is -6.18. The second-order valence-electron chi connectivity index (χ2n) is 18.1. The first-order valence-electron chi connectivity index (χ1n) is 20.0. The lowest BCUT2D eigenvalue weighted by Gasteiger charge is -2.33. The summed E-state index contributed by atoms with van der Waals surface area (Å²) in [6.07, 6.45) is 0. The van der Waals surface area contributed by atoms with Crippen LogP contribution in [0.25, 0.3) is 66.4 Å². The molecule has 0 amide bonds. The van der Waals surface area contributed by atoms with Crippen LogP contribution in [0.5, 0.6) is 11.5 Å². The third kappa shape index (κ3) is 4.55. The lowest BCUT2D eigenvalue weighted by Crippen LogP contribution is -2.27. The van der Waals surface area contributed by atoms with Gasteiger partial charge in [0, 0.05) is 10.9 Å². The highest BCUT2D eigenvalue weighted by Crippen LogP contribution is 2.64. The van der Waals surface area contributed by atoms with E-state index < -0.39 is 5.41 Å². The van der Waals surface area contributed by atoms with E-state index in [-0.39, 0.29) is 10.8 Å². The molecule has 1 aliphatic heterocycles. The van der Waals surface area contributed by atoms with Crippen molar-refractivity contribution in [1.82, 2.24) is 0 Å². The predicted octanol–water partition coefficient (Wildman–Crippen LogP) is 14.9. The summed E-state index contributed by atoms with van der Waals surface area (Å²) in [4.78, 5) is 0. The van der Waals surface area contributed by atoms with E-state index in [1.54, 1.807) is 0 Å². The van der Waals surface area contributed by atoms with Gasteiger partial charge < -0.3 is 4.74 Å². The first-order chi connectivity index (χ1) is 27.0. The average molecular weight is 721 g/mol. The van der Waals surface area contributed by atoms with Crippen molar-refractivity contribution in [3.63, 3.8) is 0 Å². The predicted molar refractivity (Wildman–Crippen MR) is 234 cm³/mol. The third-order valence-electron chi connectivity index (χ3n) is 12.8. The first kappa shape index (κ1) is 33.2. The quantitative estimate of drug-likeness (QED) is 0.173. The molecular weight excluding hydrogens is 677 g/mol. The highest BCUT2D eigenvalue weighted by molar-refractivity contribution is 6.05. The summed E-state index contributed by atoms with van der Waals surface area (Å²) in [6.45, 7) is 14.0. The van der Waals surface area contributed by atoms with Crippen LogP contribution in [0.2, 0.25) is 0 Å². The van der Waals surface area contributed by atoms with Gasteiger partial charge in [0.1, 0.15) is 11.5 Å². The molecule has 270 valence electrons. The van der Waals surface area contributed by atoms with Gasteiger partial charge in [-0.05, 0) is 124 Å².